The molecule has 1 aromatic carbocycles. The van der Waals surface area contributed by atoms with Gasteiger partial charge in [-0.15, -0.1) is 0 Å². The minimum absolute atomic E-state index is 0.114. The maximum absolute atomic E-state index is 13.5. The number of nitrogens with zero attached hydrogens (tertiary/aromatic N) is 7. The summed E-state index contributed by atoms with van der Waals surface area (Å²) in [4.78, 5) is 27.3. The Kier molecular flexibility index (Phi) is 6.54. The Morgan fingerprint density at radius 3 is 2.39 bits per heavy atom. The number of rotatable bonds is 5. The van der Waals surface area contributed by atoms with Gasteiger partial charge in [0.1, 0.15) is 17.6 Å². The zero-order valence-electron chi connectivity index (χ0n) is 22.3. The number of benzene rings is 1. The Labute approximate surface area is 224 Å². The molecule has 3 aliphatic heterocycles. The second-order valence-electron chi connectivity index (χ2n) is 10.8. The smallest absolute Gasteiger partial charge is 0.270 e. The third-order valence-electron chi connectivity index (χ3n) is 8.75. The van der Waals surface area contributed by atoms with Gasteiger partial charge in [0.2, 0.25) is 0 Å². The maximum atomic E-state index is 13.5. The van der Waals surface area contributed by atoms with E-state index < -0.39 is 0 Å². The monoisotopic (exact) mass is 509 g/mol. The van der Waals surface area contributed by atoms with Gasteiger partial charge in [-0.3, -0.25) is 9.69 Å². The van der Waals surface area contributed by atoms with Gasteiger partial charge in [-0.05, 0) is 55.7 Å². The average Bonchev–Trinajstić information content (AvgIpc) is 3.37. The van der Waals surface area contributed by atoms with E-state index in [0.717, 1.165) is 61.2 Å². The summed E-state index contributed by atoms with van der Waals surface area (Å²) < 4.78 is 2.07. The first kappa shape index (κ1) is 24.5. The molecule has 2 unspecified atom stereocenters. The summed E-state index contributed by atoms with van der Waals surface area (Å²) in [6, 6.07) is 19.3. The van der Waals surface area contributed by atoms with Gasteiger partial charge >= 0.3 is 0 Å². The van der Waals surface area contributed by atoms with Crippen molar-refractivity contribution in [3.63, 3.8) is 0 Å². The number of piperazine rings is 2. The fourth-order valence-corrected chi connectivity index (χ4v) is 6.45. The van der Waals surface area contributed by atoms with Gasteiger partial charge in [-0.25, -0.2) is 4.98 Å². The van der Waals surface area contributed by atoms with E-state index in [1.807, 2.05) is 54.5 Å². The molecule has 0 aliphatic carbocycles. The fourth-order valence-electron chi connectivity index (χ4n) is 6.45. The first-order valence-corrected chi connectivity index (χ1v) is 13.6. The van der Waals surface area contributed by atoms with Crippen LogP contribution in [0.3, 0.4) is 0 Å². The molecule has 0 spiro atoms. The van der Waals surface area contributed by atoms with Gasteiger partial charge in [-0.2, -0.15) is 5.26 Å². The number of amides is 1. The van der Waals surface area contributed by atoms with Crippen LogP contribution in [-0.2, 0) is 13.6 Å². The van der Waals surface area contributed by atoms with Crippen LogP contribution in [0.2, 0.25) is 0 Å². The molecule has 3 fully saturated rings. The van der Waals surface area contributed by atoms with E-state index in [2.05, 4.69) is 49.4 Å². The van der Waals surface area contributed by atoms with Crippen LogP contribution >= 0.6 is 0 Å². The van der Waals surface area contributed by atoms with Gasteiger partial charge in [0.25, 0.3) is 5.91 Å². The molecule has 2 atom stereocenters. The highest BCUT2D eigenvalue weighted by atomic mass is 16.2. The van der Waals surface area contributed by atoms with Crippen LogP contribution in [0.15, 0.2) is 54.7 Å². The van der Waals surface area contributed by atoms with Crippen molar-refractivity contribution in [2.45, 2.75) is 38.4 Å². The largest absolute Gasteiger partial charge is 0.367 e. The number of carbonyl (C=O) groups excluding carboxylic acids is 1. The summed E-state index contributed by atoms with van der Waals surface area (Å²) >= 11 is 0. The number of fused-ring (bicyclic) bond motifs is 2. The summed E-state index contributed by atoms with van der Waals surface area (Å²) in [6.45, 7) is 7.86. The normalized spacial score (nSPS) is 21.6. The van der Waals surface area contributed by atoms with Crippen LogP contribution < -0.4 is 9.80 Å². The van der Waals surface area contributed by atoms with Gasteiger partial charge < -0.3 is 19.3 Å². The fraction of sp³-hybridized carbons (Fsp3) is 0.433. The summed E-state index contributed by atoms with van der Waals surface area (Å²) in [5, 5.41) is 9.58. The van der Waals surface area contributed by atoms with E-state index in [1.54, 1.807) is 0 Å². The molecule has 8 nitrogen and oxygen atoms in total. The molecule has 5 heterocycles. The minimum atomic E-state index is 0.114. The second kappa shape index (κ2) is 10.1. The Hall–Kier alpha value is -3.83. The van der Waals surface area contributed by atoms with Crippen LogP contribution in [0.5, 0.6) is 0 Å². The Balaban J connectivity index is 1.13. The highest BCUT2D eigenvalue weighted by molar-refractivity contribution is 5.93. The number of aromatic nitrogens is 2. The van der Waals surface area contributed by atoms with Crippen LogP contribution in [-0.4, -0.2) is 76.6 Å². The van der Waals surface area contributed by atoms with Gasteiger partial charge in [0.05, 0.1) is 11.3 Å². The predicted molar refractivity (Wildman–Crippen MR) is 148 cm³/mol. The van der Waals surface area contributed by atoms with Crippen LogP contribution in [0.4, 0.5) is 11.5 Å². The highest BCUT2D eigenvalue weighted by Crippen LogP contribution is 2.35. The molecule has 38 heavy (non-hydrogen) atoms. The molecule has 2 bridgehead atoms. The second-order valence-corrected chi connectivity index (χ2v) is 10.8. The van der Waals surface area contributed by atoms with Crippen molar-refractivity contribution < 1.29 is 4.79 Å². The van der Waals surface area contributed by atoms with Crippen molar-refractivity contribution in [2.24, 2.45) is 7.05 Å². The summed E-state index contributed by atoms with van der Waals surface area (Å²) in [7, 11) is 2.02. The lowest BCUT2D eigenvalue weighted by molar-refractivity contribution is 0.0736. The number of hydrogen-bond donors (Lipinski definition) is 0. The molecule has 1 amide bonds. The number of carbonyl (C=O) groups is 1. The van der Waals surface area contributed by atoms with Crippen molar-refractivity contribution in [1.29, 1.82) is 5.26 Å². The van der Waals surface area contributed by atoms with Crippen LogP contribution in [0.1, 0.15) is 40.2 Å². The lowest BCUT2D eigenvalue weighted by Crippen LogP contribution is -2.53. The van der Waals surface area contributed by atoms with Crippen molar-refractivity contribution in [2.75, 3.05) is 49.1 Å². The molecule has 6 rings (SSSR count). The summed E-state index contributed by atoms with van der Waals surface area (Å²) in [5.74, 6) is 1.09. The number of nitriles is 1. The molecular weight excluding hydrogens is 474 g/mol. The Bertz CT molecular complexity index is 1340. The van der Waals surface area contributed by atoms with E-state index in [1.165, 1.54) is 18.4 Å². The lowest BCUT2D eigenvalue weighted by atomic mass is 10.1. The predicted octanol–water partition coefficient (Wildman–Crippen LogP) is 3.42. The maximum Gasteiger partial charge on any atom is 0.270 e. The van der Waals surface area contributed by atoms with Crippen molar-refractivity contribution in [3.05, 3.63) is 77.2 Å². The van der Waals surface area contributed by atoms with Gasteiger partial charge in [-0.1, -0.05) is 18.2 Å². The molecule has 0 N–H and O–H groups in total. The molecule has 196 valence electrons. The zero-order valence-corrected chi connectivity index (χ0v) is 22.3. The van der Waals surface area contributed by atoms with Crippen molar-refractivity contribution >= 4 is 17.4 Å². The molecule has 0 radical (unpaired) electrons. The lowest BCUT2D eigenvalue weighted by Gasteiger charge is -2.42. The zero-order chi connectivity index (χ0) is 26.2. The molecule has 0 saturated carbocycles. The molecular formula is C30H35N7O. The third-order valence-corrected chi connectivity index (χ3v) is 8.75. The van der Waals surface area contributed by atoms with Crippen LogP contribution in [0, 0.1) is 18.3 Å². The van der Waals surface area contributed by atoms with Gasteiger partial charge in [0.15, 0.2) is 0 Å². The number of anilines is 2. The SMILES string of the molecule is Cc1c(CN2C3CCC2CN(c2ccccc2C#N)C3)cc(C(=O)N2CCN(c3ccccn3)CC2)n1C. The van der Waals surface area contributed by atoms with Crippen molar-refractivity contribution in [3.8, 4) is 6.07 Å². The highest BCUT2D eigenvalue weighted by Gasteiger charge is 2.40. The van der Waals surface area contributed by atoms with E-state index in [9.17, 15) is 10.1 Å². The van der Waals surface area contributed by atoms with E-state index >= 15 is 0 Å². The van der Waals surface area contributed by atoms with Gasteiger partial charge in [0, 0.05) is 76.8 Å². The molecule has 3 aliphatic rings. The van der Waals surface area contributed by atoms with E-state index in [0.29, 0.717) is 25.2 Å². The number of pyridine rings is 1. The third kappa shape index (κ3) is 4.41. The topological polar surface area (TPSA) is 71.6 Å². The summed E-state index contributed by atoms with van der Waals surface area (Å²) in [5.41, 5.74) is 4.99. The van der Waals surface area contributed by atoms with E-state index in [-0.39, 0.29) is 5.91 Å². The molecule has 3 saturated heterocycles. The summed E-state index contributed by atoms with van der Waals surface area (Å²) in [6.07, 6.45) is 4.17. The molecule has 2 aromatic heterocycles. The van der Waals surface area contributed by atoms with Crippen molar-refractivity contribution in [1.82, 2.24) is 19.4 Å². The van der Waals surface area contributed by atoms with Crippen LogP contribution in [0.25, 0.3) is 0 Å². The Morgan fingerprint density at radius 1 is 1.00 bits per heavy atom. The average molecular weight is 510 g/mol. The van der Waals surface area contributed by atoms with E-state index in [4.69, 9.17) is 0 Å². The number of para-hydroxylation sites is 1. The Morgan fingerprint density at radius 2 is 1.71 bits per heavy atom. The number of hydrogen-bond acceptors (Lipinski definition) is 6. The molecule has 8 heteroatoms. The standard InChI is InChI=1S/C30H35N7O/c1-22-24(19-37-25-10-11-26(37)21-36(20-25)27-8-4-3-7-23(27)18-31)17-28(33(22)2)30(38)35-15-13-34(14-16-35)29-9-5-6-12-32-29/h3-9,12,17,25-26H,10-11,13-16,19-21H2,1-2H3. The molecule has 3 aromatic rings. The first-order valence-electron chi connectivity index (χ1n) is 13.6. The quantitative estimate of drug-likeness (QED) is 0.525. The minimum Gasteiger partial charge on any atom is -0.367 e. The first-order chi connectivity index (χ1) is 18.5.